The Morgan fingerprint density at radius 1 is 1.35 bits per heavy atom. The SMILES string of the molecule is CN1CCCC1CNC1CCCC(C(=O)O)C1. The maximum atomic E-state index is 11.0. The van der Waals surface area contributed by atoms with E-state index in [4.69, 9.17) is 5.11 Å². The smallest absolute Gasteiger partial charge is 0.306 e. The third-order valence-corrected chi connectivity index (χ3v) is 4.34. The minimum atomic E-state index is -0.616. The zero-order chi connectivity index (χ0) is 12.3. The van der Waals surface area contributed by atoms with Crippen molar-refractivity contribution in [2.45, 2.75) is 50.6 Å². The van der Waals surface area contributed by atoms with E-state index in [-0.39, 0.29) is 5.92 Å². The summed E-state index contributed by atoms with van der Waals surface area (Å²) in [5.74, 6) is -0.739. The first-order chi connectivity index (χ1) is 8.16. The normalized spacial score (nSPS) is 35.0. The highest BCUT2D eigenvalue weighted by molar-refractivity contribution is 5.70. The second-order valence-corrected chi connectivity index (χ2v) is 5.58. The van der Waals surface area contributed by atoms with Gasteiger partial charge in [-0.15, -0.1) is 0 Å². The van der Waals surface area contributed by atoms with Crippen molar-refractivity contribution in [3.05, 3.63) is 0 Å². The Morgan fingerprint density at radius 2 is 2.18 bits per heavy atom. The molecule has 1 heterocycles. The molecule has 1 saturated heterocycles. The van der Waals surface area contributed by atoms with Gasteiger partial charge in [-0.25, -0.2) is 0 Å². The molecule has 3 atom stereocenters. The Hall–Kier alpha value is -0.610. The predicted octanol–water partition coefficient (Wildman–Crippen LogP) is 1.31. The van der Waals surface area contributed by atoms with Crippen molar-refractivity contribution < 1.29 is 9.90 Å². The fourth-order valence-electron chi connectivity index (χ4n) is 3.14. The number of nitrogens with one attached hydrogen (secondary N) is 1. The molecule has 4 heteroatoms. The summed E-state index contributed by atoms with van der Waals surface area (Å²) in [5, 5.41) is 12.6. The van der Waals surface area contributed by atoms with E-state index in [1.807, 2.05) is 0 Å². The molecule has 2 rings (SSSR count). The minimum Gasteiger partial charge on any atom is -0.481 e. The largest absolute Gasteiger partial charge is 0.481 e. The van der Waals surface area contributed by atoms with Crippen LogP contribution in [0.5, 0.6) is 0 Å². The molecule has 0 radical (unpaired) electrons. The molecule has 1 saturated carbocycles. The summed E-state index contributed by atoms with van der Waals surface area (Å²) < 4.78 is 0. The first kappa shape index (κ1) is 12.8. The van der Waals surface area contributed by atoms with Gasteiger partial charge in [-0.05, 0) is 45.7 Å². The zero-order valence-electron chi connectivity index (χ0n) is 10.7. The summed E-state index contributed by atoms with van der Waals surface area (Å²) in [7, 11) is 2.18. The van der Waals surface area contributed by atoms with Gasteiger partial charge in [0.05, 0.1) is 5.92 Å². The fourth-order valence-corrected chi connectivity index (χ4v) is 3.14. The molecule has 3 unspecified atom stereocenters. The van der Waals surface area contributed by atoms with E-state index in [2.05, 4.69) is 17.3 Å². The molecule has 2 aliphatic rings. The van der Waals surface area contributed by atoms with E-state index >= 15 is 0 Å². The van der Waals surface area contributed by atoms with Gasteiger partial charge in [-0.3, -0.25) is 4.79 Å². The molecule has 0 aromatic heterocycles. The highest BCUT2D eigenvalue weighted by Crippen LogP contribution is 2.24. The van der Waals surface area contributed by atoms with Crippen molar-refractivity contribution in [2.75, 3.05) is 20.1 Å². The molecule has 0 spiro atoms. The number of rotatable bonds is 4. The van der Waals surface area contributed by atoms with E-state index in [0.29, 0.717) is 12.1 Å². The number of hydrogen-bond donors (Lipinski definition) is 2. The number of aliphatic carboxylic acids is 1. The molecule has 0 aromatic rings. The number of likely N-dealkylation sites (tertiary alicyclic amines) is 1. The third kappa shape index (κ3) is 3.42. The maximum Gasteiger partial charge on any atom is 0.306 e. The summed E-state index contributed by atoms with van der Waals surface area (Å²) in [6.07, 6.45) is 6.43. The van der Waals surface area contributed by atoms with Gasteiger partial charge in [0.15, 0.2) is 0 Å². The van der Waals surface area contributed by atoms with Gasteiger partial charge in [0, 0.05) is 18.6 Å². The van der Waals surface area contributed by atoms with Crippen LogP contribution in [0.3, 0.4) is 0 Å². The molecule has 0 bridgehead atoms. The molecule has 1 aliphatic heterocycles. The monoisotopic (exact) mass is 240 g/mol. The summed E-state index contributed by atoms with van der Waals surface area (Å²) >= 11 is 0. The number of hydrogen-bond acceptors (Lipinski definition) is 3. The van der Waals surface area contributed by atoms with Crippen LogP contribution in [-0.2, 0) is 4.79 Å². The Morgan fingerprint density at radius 3 is 2.82 bits per heavy atom. The Labute approximate surface area is 103 Å². The molecule has 2 N–H and O–H groups in total. The van der Waals surface area contributed by atoms with Crippen molar-refractivity contribution in [2.24, 2.45) is 5.92 Å². The fraction of sp³-hybridized carbons (Fsp3) is 0.923. The van der Waals surface area contributed by atoms with Crippen LogP contribution in [0.1, 0.15) is 38.5 Å². The predicted molar refractivity (Wildman–Crippen MR) is 67.0 cm³/mol. The Bertz CT molecular complexity index is 270. The molecule has 1 aliphatic carbocycles. The average Bonchev–Trinajstić information content (AvgIpc) is 2.72. The number of likely N-dealkylation sites (N-methyl/N-ethyl adjacent to an activating group) is 1. The van der Waals surface area contributed by atoms with E-state index in [9.17, 15) is 4.79 Å². The first-order valence-electron chi connectivity index (χ1n) is 6.83. The molecular formula is C13H24N2O2. The zero-order valence-corrected chi connectivity index (χ0v) is 10.7. The molecule has 2 fully saturated rings. The highest BCUT2D eigenvalue weighted by Gasteiger charge is 2.28. The number of carboxylic acid groups (broad SMARTS) is 1. The van der Waals surface area contributed by atoms with E-state index in [0.717, 1.165) is 32.2 Å². The summed E-state index contributed by atoms with van der Waals surface area (Å²) in [5.41, 5.74) is 0. The lowest BCUT2D eigenvalue weighted by atomic mass is 9.85. The van der Waals surface area contributed by atoms with Crippen LogP contribution in [0.15, 0.2) is 0 Å². The van der Waals surface area contributed by atoms with Gasteiger partial charge in [-0.1, -0.05) is 6.42 Å². The second-order valence-electron chi connectivity index (χ2n) is 5.58. The van der Waals surface area contributed by atoms with Gasteiger partial charge < -0.3 is 15.3 Å². The van der Waals surface area contributed by atoms with Gasteiger partial charge in [0.25, 0.3) is 0 Å². The number of carboxylic acids is 1. The summed E-state index contributed by atoms with van der Waals surface area (Å²) in [4.78, 5) is 13.4. The lowest BCUT2D eigenvalue weighted by Crippen LogP contribution is -2.43. The summed E-state index contributed by atoms with van der Waals surface area (Å²) in [6, 6.07) is 1.07. The van der Waals surface area contributed by atoms with Crippen molar-refractivity contribution in [3.63, 3.8) is 0 Å². The van der Waals surface area contributed by atoms with Crippen LogP contribution in [0.25, 0.3) is 0 Å². The van der Waals surface area contributed by atoms with Crippen LogP contribution in [0.4, 0.5) is 0 Å². The first-order valence-corrected chi connectivity index (χ1v) is 6.83. The Balaban J connectivity index is 1.73. The lowest BCUT2D eigenvalue weighted by molar-refractivity contribution is -0.143. The quantitative estimate of drug-likeness (QED) is 0.778. The molecule has 98 valence electrons. The molecular weight excluding hydrogens is 216 g/mol. The third-order valence-electron chi connectivity index (χ3n) is 4.34. The van der Waals surface area contributed by atoms with Crippen LogP contribution in [-0.4, -0.2) is 48.2 Å². The molecule has 4 nitrogen and oxygen atoms in total. The van der Waals surface area contributed by atoms with Gasteiger partial charge in [0.1, 0.15) is 0 Å². The minimum absolute atomic E-state index is 0.123. The van der Waals surface area contributed by atoms with Crippen molar-refractivity contribution in [1.29, 1.82) is 0 Å². The van der Waals surface area contributed by atoms with E-state index in [1.54, 1.807) is 0 Å². The van der Waals surface area contributed by atoms with Crippen LogP contribution >= 0.6 is 0 Å². The molecule has 17 heavy (non-hydrogen) atoms. The van der Waals surface area contributed by atoms with Crippen molar-refractivity contribution in [3.8, 4) is 0 Å². The van der Waals surface area contributed by atoms with Gasteiger partial charge in [-0.2, -0.15) is 0 Å². The highest BCUT2D eigenvalue weighted by atomic mass is 16.4. The number of nitrogens with zero attached hydrogens (tertiary/aromatic N) is 1. The Kier molecular flexibility index (Phi) is 4.40. The number of carbonyl (C=O) groups is 1. The van der Waals surface area contributed by atoms with E-state index < -0.39 is 5.97 Å². The maximum absolute atomic E-state index is 11.0. The second kappa shape index (κ2) is 5.83. The van der Waals surface area contributed by atoms with Gasteiger partial charge >= 0.3 is 5.97 Å². The van der Waals surface area contributed by atoms with E-state index in [1.165, 1.54) is 19.4 Å². The van der Waals surface area contributed by atoms with Gasteiger partial charge in [0.2, 0.25) is 0 Å². The van der Waals surface area contributed by atoms with Crippen LogP contribution < -0.4 is 5.32 Å². The lowest BCUT2D eigenvalue weighted by Gasteiger charge is -2.29. The molecule has 0 aromatic carbocycles. The topological polar surface area (TPSA) is 52.6 Å². The molecule has 0 amide bonds. The standard InChI is InChI=1S/C13H24N2O2/c1-15-7-3-6-12(15)9-14-11-5-2-4-10(8-11)13(16)17/h10-12,14H,2-9H2,1H3,(H,16,17). The average molecular weight is 240 g/mol. The van der Waals surface area contributed by atoms with Crippen LogP contribution in [0, 0.1) is 5.92 Å². The van der Waals surface area contributed by atoms with Crippen LogP contribution in [0.2, 0.25) is 0 Å². The van der Waals surface area contributed by atoms with Crippen molar-refractivity contribution in [1.82, 2.24) is 10.2 Å². The van der Waals surface area contributed by atoms with Crippen molar-refractivity contribution >= 4 is 5.97 Å². The summed E-state index contributed by atoms with van der Waals surface area (Å²) in [6.45, 7) is 2.22.